The lowest BCUT2D eigenvalue weighted by molar-refractivity contribution is -0.385. The first-order chi connectivity index (χ1) is 7.95. The molecule has 0 aliphatic heterocycles. The quantitative estimate of drug-likeness (QED) is 0.622. The number of benzene rings is 1. The minimum atomic E-state index is -0.515. The van der Waals surface area contributed by atoms with Crippen molar-refractivity contribution in [3.63, 3.8) is 0 Å². The summed E-state index contributed by atoms with van der Waals surface area (Å²) in [5.41, 5.74) is 5.67. The summed E-state index contributed by atoms with van der Waals surface area (Å²) in [5, 5.41) is 10.8. The minimum Gasteiger partial charge on any atom is -0.490 e. The van der Waals surface area contributed by atoms with E-state index in [0.29, 0.717) is 5.56 Å². The van der Waals surface area contributed by atoms with Gasteiger partial charge in [-0.15, -0.1) is 0 Å². The normalized spacial score (nSPS) is 11.9. The second kappa shape index (κ2) is 5.29. The Labute approximate surface area is 98.5 Å². The average molecular weight is 238 g/mol. The highest BCUT2D eigenvalue weighted by Gasteiger charge is 2.18. The Hall–Kier alpha value is -2.11. The first-order valence-electron chi connectivity index (χ1n) is 5.06. The fourth-order valence-corrected chi connectivity index (χ4v) is 1.58. The van der Waals surface area contributed by atoms with Crippen LogP contribution >= 0.6 is 0 Å². The molecular weight excluding hydrogens is 224 g/mol. The van der Waals surface area contributed by atoms with E-state index >= 15 is 0 Å². The molecule has 92 valence electrons. The number of amides is 1. The van der Waals surface area contributed by atoms with Crippen molar-refractivity contribution < 1.29 is 14.5 Å². The molecule has 0 aromatic heterocycles. The summed E-state index contributed by atoms with van der Waals surface area (Å²) in [7, 11) is 1.37. The highest BCUT2D eigenvalue weighted by molar-refractivity contribution is 5.74. The van der Waals surface area contributed by atoms with Crippen molar-refractivity contribution in [2.45, 2.75) is 19.3 Å². The van der Waals surface area contributed by atoms with Crippen molar-refractivity contribution in [3.05, 3.63) is 33.9 Å². The highest BCUT2D eigenvalue weighted by Crippen LogP contribution is 2.31. The number of methoxy groups -OCH3 is 1. The summed E-state index contributed by atoms with van der Waals surface area (Å²) < 4.78 is 4.89. The van der Waals surface area contributed by atoms with Crippen LogP contribution in [0.2, 0.25) is 0 Å². The molecule has 0 saturated heterocycles. The van der Waals surface area contributed by atoms with E-state index < -0.39 is 10.8 Å². The Kier molecular flexibility index (Phi) is 4.03. The van der Waals surface area contributed by atoms with E-state index in [0.717, 1.165) is 0 Å². The van der Waals surface area contributed by atoms with Gasteiger partial charge in [0.05, 0.1) is 12.0 Å². The molecule has 6 heteroatoms. The van der Waals surface area contributed by atoms with E-state index in [2.05, 4.69) is 0 Å². The molecule has 1 aromatic rings. The first kappa shape index (κ1) is 13.0. The lowest BCUT2D eigenvalue weighted by Crippen LogP contribution is -2.13. The molecule has 0 fully saturated rings. The Morgan fingerprint density at radius 3 is 2.71 bits per heavy atom. The maximum absolute atomic E-state index is 10.8. The molecule has 1 atom stereocenters. The predicted octanol–water partition coefficient (Wildman–Crippen LogP) is 1.58. The van der Waals surface area contributed by atoms with Crippen LogP contribution in [-0.2, 0) is 4.79 Å². The Morgan fingerprint density at radius 1 is 1.59 bits per heavy atom. The van der Waals surface area contributed by atoms with Crippen molar-refractivity contribution in [2.24, 2.45) is 5.73 Å². The van der Waals surface area contributed by atoms with Crippen LogP contribution in [0.4, 0.5) is 5.69 Å². The van der Waals surface area contributed by atoms with Crippen molar-refractivity contribution in [1.29, 1.82) is 0 Å². The van der Waals surface area contributed by atoms with E-state index in [4.69, 9.17) is 10.5 Å². The summed E-state index contributed by atoms with van der Waals surface area (Å²) in [6.07, 6.45) is 0.156. The molecule has 0 radical (unpaired) electrons. The van der Waals surface area contributed by atoms with Gasteiger partial charge in [-0.3, -0.25) is 14.9 Å². The molecule has 1 aromatic carbocycles. The van der Waals surface area contributed by atoms with Crippen LogP contribution in [0.3, 0.4) is 0 Å². The van der Waals surface area contributed by atoms with Gasteiger partial charge in [0.2, 0.25) is 5.91 Å². The highest BCUT2D eigenvalue weighted by atomic mass is 16.6. The van der Waals surface area contributed by atoms with Crippen LogP contribution in [0.5, 0.6) is 5.75 Å². The summed E-state index contributed by atoms with van der Waals surface area (Å²) in [6, 6.07) is 4.62. The number of rotatable bonds is 5. The van der Waals surface area contributed by atoms with Crippen LogP contribution in [0.25, 0.3) is 0 Å². The number of nitro groups is 1. The molecule has 0 aliphatic rings. The fourth-order valence-electron chi connectivity index (χ4n) is 1.58. The molecule has 17 heavy (non-hydrogen) atoms. The second-order valence-corrected chi connectivity index (χ2v) is 3.76. The smallest absolute Gasteiger partial charge is 0.311 e. The second-order valence-electron chi connectivity index (χ2n) is 3.76. The summed E-state index contributed by atoms with van der Waals surface area (Å²) >= 11 is 0. The van der Waals surface area contributed by atoms with Crippen LogP contribution in [0, 0.1) is 10.1 Å². The minimum absolute atomic E-state index is 0.110. The third kappa shape index (κ3) is 3.17. The predicted molar refractivity (Wildman–Crippen MR) is 61.9 cm³/mol. The molecule has 0 spiro atoms. The Balaban J connectivity index is 3.07. The number of carbonyl (C=O) groups is 1. The van der Waals surface area contributed by atoms with Gasteiger partial charge in [0.1, 0.15) is 0 Å². The van der Waals surface area contributed by atoms with Crippen molar-refractivity contribution >= 4 is 11.6 Å². The molecular formula is C11H14N2O4. The van der Waals surface area contributed by atoms with Gasteiger partial charge in [-0.25, -0.2) is 0 Å². The van der Waals surface area contributed by atoms with Gasteiger partial charge in [-0.05, 0) is 17.5 Å². The number of nitro benzene ring substituents is 1. The summed E-state index contributed by atoms with van der Waals surface area (Å²) in [4.78, 5) is 21.1. The van der Waals surface area contributed by atoms with Crippen LogP contribution in [0.1, 0.15) is 24.8 Å². The lowest BCUT2D eigenvalue weighted by Gasteiger charge is -2.10. The van der Waals surface area contributed by atoms with Gasteiger partial charge in [-0.2, -0.15) is 0 Å². The molecule has 0 bridgehead atoms. The molecule has 1 amide bonds. The third-order valence-electron chi connectivity index (χ3n) is 2.48. The topological polar surface area (TPSA) is 95.5 Å². The number of carbonyl (C=O) groups excluding carboxylic acids is 1. The molecule has 1 unspecified atom stereocenters. The van der Waals surface area contributed by atoms with Gasteiger partial charge >= 0.3 is 5.69 Å². The van der Waals surface area contributed by atoms with E-state index in [-0.39, 0.29) is 23.8 Å². The van der Waals surface area contributed by atoms with Gasteiger partial charge in [0, 0.05) is 12.5 Å². The van der Waals surface area contributed by atoms with Crippen molar-refractivity contribution in [2.75, 3.05) is 7.11 Å². The molecule has 1 rings (SSSR count). The van der Waals surface area contributed by atoms with Crippen molar-refractivity contribution in [3.8, 4) is 5.75 Å². The van der Waals surface area contributed by atoms with E-state index in [9.17, 15) is 14.9 Å². The number of ether oxygens (including phenoxy) is 1. The number of nitrogens with zero attached hydrogens (tertiary/aromatic N) is 1. The largest absolute Gasteiger partial charge is 0.490 e. The molecule has 2 N–H and O–H groups in total. The number of nitrogens with two attached hydrogens (primary N) is 1. The zero-order valence-corrected chi connectivity index (χ0v) is 9.67. The van der Waals surface area contributed by atoms with Gasteiger partial charge in [0.25, 0.3) is 0 Å². The molecule has 6 nitrogen and oxygen atoms in total. The maximum Gasteiger partial charge on any atom is 0.311 e. The van der Waals surface area contributed by atoms with E-state index in [1.54, 1.807) is 13.0 Å². The fraction of sp³-hybridized carbons (Fsp3) is 0.364. The van der Waals surface area contributed by atoms with Gasteiger partial charge in [0.15, 0.2) is 5.75 Å². The number of hydrogen-bond donors (Lipinski definition) is 1. The summed E-state index contributed by atoms with van der Waals surface area (Å²) in [6.45, 7) is 1.79. The van der Waals surface area contributed by atoms with E-state index in [1.165, 1.54) is 19.2 Å². The number of hydrogen-bond acceptors (Lipinski definition) is 4. The molecule has 0 heterocycles. The first-order valence-corrected chi connectivity index (χ1v) is 5.06. The van der Waals surface area contributed by atoms with Crippen LogP contribution in [0.15, 0.2) is 18.2 Å². The van der Waals surface area contributed by atoms with Gasteiger partial charge < -0.3 is 10.5 Å². The lowest BCUT2D eigenvalue weighted by atomic mass is 9.97. The Morgan fingerprint density at radius 2 is 2.24 bits per heavy atom. The molecule has 0 aliphatic carbocycles. The number of primary amides is 1. The SMILES string of the molecule is COc1ccc(C(C)CC(N)=O)cc1[N+](=O)[O-]. The van der Waals surface area contributed by atoms with Crippen LogP contribution < -0.4 is 10.5 Å². The monoisotopic (exact) mass is 238 g/mol. The van der Waals surface area contributed by atoms with Gasteiger partial charge in [-0.1, -0.05) is 13.0 Å². The maximum atomic E-state index is 10.8. The zero-order valence-electron chi connectivity index (χ0n) is 9.67. The summed E-state index contributed by atoms with van der Waals surface area (Å²) in [5.74, 6) is -0.391. The molecule has 0 saturated carbocycles. The average Bonchev–Trinajstić information content (AvgIpc) is 2.27. The Bertz CT molecular complexity index is 445. The third-order valence-corrected chi connectivity index (χ3v) is 2.48. The van der Waals surface area contributed by atoms with Crippen molar-refractivity contribution in [1.82, 2.24) is 0 Å². The van der Waals surface area contributed by atoms with E-state index in [1.807, 2.05) is 0 Å². The van der Waals surface area contributed by atoms with Crippen LogP contribution in [-0.4, -0.2) is 17.9 Å². The standard InChI is InChI=1S/C11H14N2O4/c1-7(5-11(12)14)8-3-4-10(17-2)9(6-8)13(15)16/h3-4,6-7H,5H2,1-2H3,(H2,12,14). The zero-order chi connectivity index (χ0) is 13.0.